The number of hydrogen-bond donors (Lipinski definition) is 0. The van der Waals surface area contributed by atoms with Crippen LogP contribution in [0.5, 0.6) is 0 Å². The number of hydrogen-bond acceptors (Lipinski definition) is 5. The van der Waals surface area contributed by atoms with Crippen LogP contribution in [0, 0.1) is 32.1 Å². The van der Waals surface area contributed by atoms with Crippen molar-refractivity contribution in [3.63, 3.8) is 0 Å². The molecule has 0 bridgehead atoms. The maximum Gasteiger partial charge on any atom is 0.272 e. The van der Waals surface area contributed by atoms with Gasteiger partial charge in [0, 0.05) is 35.0 Å². The van der Waals surface area contributed by atoms with Crippen LogP contribution in [0.2, 0.25) is 0 Å². The van der Waals surface area contributed by atoms with Gasteiger partial charge in [0.15, 0.2) is 0 Å². The summed E-state index contributed by atoms with van der Waals surface area (Å²) in [6.45, 7) is 5.01. The zero-order valence-corrected chi connectivity index (χ0v) is 23.2. The Labute approximate surface area is 229 Å². The number of para-hydroxylation sites is 2. The molecule has 0 aliphatic heterocycles. The Morgan fingerprint density at radius 3 is 1.43 bits per heavy atom. The highest BCUT2D eigenvalue weighted by Gasteiger charge is 2.26. The molecule has 0 amide bonds. The van der Waals surface area contributed by atoms with Crippen LogP contribution < -0.4 is 0 Å². The SMILES string of the molecule is CCCC(CC(CCl)COCC(CCl)CC(CCC)c1ccccc1[N+](=O)[O-])c1ccccc1[N+](=O)[O-]. The van der Waals surface area contributed by atoms with Crippen molar-refractivity contribution in [2.24, 2.45) is 11.8 Å². The fourth-order valence-corrected chi connectivity index (χ4v) is 5.48. The molecule has 0 spiro atoms. The summed E-state index contributed by atoms with van der Waals surface area (Å²) >= 11 is 12.6. The molecule has 0 saturated carbocycles. The average molecular weight is 554 g/mol. The maximum atomic E-state index is 11.6. The lowest BCUT2D eigenvalue weighted by atomic mass is 9.85. The first-order valence-electron chi connectivity index (χ1n) is 13.0. The van der Waals surface area contributed by atoms with Crippen molar-refractivity contribution < 1.29 is 14.6 Å². The molecule has 0 fully saturated rings. The van der Waals surface area contributed by atoms with Crippen LogP contribution >= 0.6 is 23.2 Å². The molecule has 0 aliphatic rings. The van der Waals surface area contributed by atoms with E-state index >= 15 is 0 Å². The number of nitro benzene ring substituents is 2. The molecular formula is C28H38Cl2N2O5. The van der Waals surface area contributed by atoms with E-state index in [4.69, 9.17) is 27.9 Å². The highest BCUT2D eigenvalue weighted by Crippen LogP contribution is 2.36. The van der Waals surface area contributed by atoms with Gasteiger partial charge in [0.1, 0.15) is 0 Å². The molecule has 0 saturated heterocycles. The standard InChI is InChI=1S/C28H38Cl2N2O5/c1-3-9-23(25-11-5-7-13-27(25)31(33)34)15-21(17-29)19-37-20-22(18-30)16-24(10-4-2)26-12-6-8-14-28(26)32(35)36/h5-8,11-14,21-24H,3-4,9-10,15-20H2,1-2H3. The number of benzene rings is 2. The minimum Gasteiger partial charge on any atom is -0.381 e. The molecule has 0 heterocycles. The molecule has 0 aromatic heterocycles. The molecule has 0 aliphatic carbocycles. The van der Waals surface area contributed by atoms with Crippen LogP contribution in [0.25, 0.3) is 0 Å². The van der Waals surface area contributed by atoms with Crippen molar-refractivity contribution in [1.82, 2.24) is 0 Å². The number of ether oxygens (including phenoxy) is 1. The van der Waals surface area contributed by atoms with E-state index in [0.29, 0.717) is 37.8 Å². The molecule has 204 valence electrons. The van der Waals surface area contributed by atoms with Crippen molar-refractivity contribution in [3.8, 4) is 0 Å². The molecule has 0 N–H and O–H groups in total. The number of halogens is 2. The molecule has 2 rings (SSSR count). The minimum atomic E-state index is -0.320. The van der Waals surface area contributed by atoms with Gasteiger partial charge in [-0.15, -0.1) is 23.2 Å². The first-order valence-corrected chi connectivity index (χ1v) is 14.1. The third-order valence-electron chi connectivity index (χ3n) is 6.80. The fourth-order valence-electron chi connectivity index (χ4n) is 5.05. The molecule has 4 unspecified atom stereocenters. The van der Waals surface area contributed by atoms with Crippen LogP contribution in [-0.2, 0) is 4.74 Å². The second-order valence-electron chi connectivity index (χ2n) is 9.65. The average Bonchev–Trinajstić information content (AvgIpc) is 2.90. The lowest BCUT2D eigenvalue weighted by Crippen LogP contribution is -2.21. The predicted octanol–water partition coefficient (Wildman–Crippen LogP) is 8.48. The summed E-state index contributed by atoms with van der Waals surface area (Å²) in [5.41, 5.74) is 1.79. The number of nitrogens with zero attached hydrogens (tertiary/aromatic N) is 2. The summed E-state index contributed by atoms with van der Waals surface area (Å²) in [4.78, 5) is 22.5. The summed E-state index contributed by atoms with van der Waals surface area (Å²) in [5.74, 6) is 0.902. The largest absolute Gasteiger partial charge is 0.381 e. The van der Waals surface area contributed by atoms with E-state index < -0.39 is 0 Å². The Morgan fingerprint density at radius 1 is 0.730 bits per heavy atom. The number of rotatable bonds is 18. The van der Waals surface area contributed by atoms with Crippen LogP contribution in [0.1, 0.15) is 75.3 Å². The summed E-state index contributed by atoms with van der Waals surface area (Å²) < 4.78 is 6.09. The second kappa shape index (κ2) is 16.6. The molecule has 2 aromatic rings. The van der Waals surface area contributed by atoms with Gasteiger partial charge < -0.3 is 4.74 Å². The van der Waals surface area contributed by atoms with Gasteiger partial charge in [-0.3, -0.25) is 20.2 Å². The van der Waals surface area contributed by atoms with E-state index in [1.54, 1.807) is 24.3 Å². The summed E-state index contributed by atoms with van der Waals surface area (Å²) in [5, 5.41) is 23.1. The van der Waals surface area contributed by atoms with E-state index in [-0.39, 0.29) is 44.9 Å². The Bertz CT molecular complexity index is 913. The first kappa shape index (κ1) is 31.0. The molecule has 7 nitrogen and oxygen atoms in total. The lowest BCUT2D eigenvalue weighted by Gasteiger charge is -2.25. The zero-order valence-electron chi connectivity index (χ0n) is 21.7. The molecule has 2 aromatic carbocycles. The van der Waals surface area contributed by atoms with Crippen molar-refractivity contribution >= 4 is 34.6 Å². The van der Waals surface area contributed by atoms with E-state index in [0.717, 1.165) is 36.8 Å². The third kappa shape index (κ3) is 9.55. The van der Waals surface area contributed by atoms with Crippen molar-refractivity contribution in [1.29, 1.82) is 0 Å². The van der Waals surface area contributed by atoms with Gasteiger partial charge in [-0.1, -0.05) is 63.1 Å². The number of alkyl halides is 2. The minimum absolute atomic E-state index is 0.0235. The van der Waals surface area contributed by atoms with Gasteiger partial charge in [0.05, 0.1) is 23.1 Å². The Kier molecular flexibility index (Phi) is 13.9. The van der Waals surface area contributed by atoms with Gasteiger partial charge in [-0.25, -0.2) is 0 Å². The van der Waals surface area contributed by atoms with Crippen molar-refractivity contribution in [2.45, 2.75) is 64.2 Å². The normalized spacial score (nSPS) is 14.6. The Hall–Kier alpha value is -2.22. The van der Waals surface area contributed by atoms with E-state index in [9.17, 15) is 20.2 Å². The lowest BCUT2D eigenvalue weighted by molar-refractivity contribution is -0.385. The summed E-state index contributed by atoms with van der Waals surface area (Å²) in [6.07, 6.45) is 4.87. The smallest absolute Gasteiger partial charge is 0.272 e. The maximum absolute atomic E-state index is 11.6. The van der Waals surface area contributed by atoms with E-state index in [1.807, 2.05) is 24.3 Å². The monoisotopic (exact) mass is 552 g/mol. The highest BCUT2D eigenvalue weighted by atomic mass is 35.5. The van der Waals surface area contributed by atoms with Crippen LogP contribution in [-0.4, -0.2) is 34.8 Å². The fraction of sp³-hybridized carbons (Fsp3) is 0.571. The van der Waals surface area contributed by atoms with Crippen molar-refractivity contribution in [2.75, 3.05) is 25.0 Å². The molecule has 0 radical (unpaired) electrons. The highest BCUT2D eigenvalue weighted by molar-refractivity contribution is 6.18. The molecular weight excluding hydrogens is 515 g/mol. The summed E-state index contributed by atoms with van der Waals surface area (Å²) in [6, 6.07) is 13.8. The summed E-state index contributed by atoms with van der Waals surface area (Å²) in [7, 11) is 0. The van der Waals surface area contributed by atoms with Gasteiger partial charge >= 0.3 is 0 Å². The van der Waals surface area contributed by atoms with E-state index in [1.165, 1.54) is 0 Å². The quantitative estimate of drug-likeness (QED) is 0.105. The van der Waals surface area contributed by atoms with Crippen LogP contribution in [0.15, 0.2) is 48.5 Å². The predicted molar refractivity (Wildman–Crippen MR) is 150 cm³/mol. The van der Waals surface area contributed by atoms with Gasteiger partial charge in [0.2, 0.25) is 0 Å². The van der Waals surface area contributed by atoms with Gasteiger partial charge in [0.25, 0.3) is 11.4 Å². The molecule has 9 heteroatoms. The Morgan fingerprint density at radius 2 is 1.11 bits per heavy atom. The number of nitro groups is 2. The third-order valence-corrected chi connectivity index (χ3v) is 7.67. The molecule has 4 atom stereocenters. The van der Waals surface area contributed by atoms with Crippen LogP contribution in [0.3, 0.4) is 0 Å². The molecule has 37 heavy (non-hydrogen) atoms. The van der Waals surface area contributed by atoms with Gasteiger partial charge in [-0.05, 0) is 49.4 Å². The second-order valence-corrected chi connectivity index (χ2v) is 10.3. The zero-order chi connectivity index (χ0) is 27.2. The Balaban J connectivity index is 2.04. The first-order chi connectivity index (χ1) is 17.9. The van der Waals surface area contributed by atoms with Crippen molar-refractivity contribution in [3.05, 3.63) is 79.9 Å². The topological polar surface area (TPSA) is 95.5 Å². The van der Waals surface area contributed by atoms with Crippen LogP contribution in [0.4, 0.5) is 11.4 Å². The van der Waals surface area contributed by atoms with Gasteiger partial charge in [-0.2, -0.15) is 0 Å². The van der Waals surface area contributed by atoms with E-state index in [2.05, 4.69) is 13.8 Å².